The van der Waals surface area contributed by atoms with Crippen LogP contribution in [0.25, 0.3) is 0 Å². The smallest absolute Gasteiger partial charge is 0.246 e. The van der Waals surface area contributed by atoms with Crippen molar-refractivity contribution in [3.05, 3.63) is 22.4 Å². The molecule has 0 radical (unpaired) electrons. The summed E-state index contributed by atoms with van der Waals surface area (Å²) in [6, 6.07) is 3.69. The third-order valence-corrected chi connectivity index (χ3v) is 4.61. The van der Waals surface area contributed by atoms with E-state index in [0.717, 1.165) is 6.42 Å². The highest BCUT2D eigenvalue weighted by atomic mass is 32.1. The average molecular weight is 280 g/mol. The van der Waals surface area contributed by atoms with Gasteiger partial charge in [0.05, 0.1) is 0 Å². The van der Waals surface area contributed by atoms with E-state index in [1.54, 1.807) is 30.1 Å². The van der Waals surface area contributed by atoms with Crippen molar-refractivity contribution >= 4 is 23.2 Å². The van der Waals surface area contributed by atoms with Crippen LogP contribution in [-0.2, 0) is 16.0 Å². The Morgan fingerprint density at radius 2 is 2.16 bits per heavy atom. The van der Waals surface area contributed by atoms with Gasteiger partial charge in [0.25, 0.3) is 0 Å². The summed E-state index contributed by atoms with van der Waals surface area (Å²) in [6.07, 6.45) is 1.44. The largest absolute Gasteiger partial charge is 0.342 e. The number of amides is 2. The van der Waals surface area contributed by atoms with Crippen LogP contribution in [0, 0.1) is 0 Å². The first-order valence-electron chi connectivity index (χ1n) is 6.61. The van der Waals surface area contributed by atoms with Crippen LogP contribution >= 0.6 is 11.3 Å². The van der Waals surface area contributed by atoms with Crippen molar-refractivity contribution in [2.75, 3.05) is 6.54 Å². The molecule has 1 N–H and O–H groups in total. The molecule has 2 amide bonds. The number of piperazine rings is 1. The van der Waals surface area contributed by atoms with Gasteiger partial charge in [0, 0.05) is 11.4 Å². The van der Waals surface area contributed by atoms with Gasteiger partial charge in [-0.25, -0.2) is 0 Å². The maximum Gasteiger partial charge on any atom is 0.246 e. The van der Waals surface area contributed by atoms with Gasteiger partial charge in [0.2, 0.25) is 11.8 Å². The van der Waals surface area contributed by atoms with E-state index >= 15 is 0 Å². The molecule has 1 fully saturated rings. The molecule has 5 heteroatoms. The predicted octanol–water partition coefficient (Wildman–Crippen LogP) is 1.81. The first-order chi connectivity index (χ1) is 8.96. The van der Waals surface area contributed by atoms with E-state index < -0.39 is 5.54 Å². The molecule has 0 saturated carbocycles. The summed E-state index contributed by atoms with van der Waals surface area (Å²) in [5, 5.41) is 4.83. The highest BCUT2D eigenvalue weighted by Gasteiger charge is 2.45. The first-order valence-corrected chi connectivity index (χ1v) is 7.49. The molecule has 2 rings (SSSR count). The highest BCUT2D eigenvalue weighted by Crippen LogP contribution is 2.23. The van der Waals surface area contributed by atoms with Gasteiger partial charge in [-0.1, -0.05) is 13.0 Å². The number of carbonyl (C=O) groups excluding carboxylic acids is 2. The number of nitrogens with one attached hydrogen (secondary N) is 1. The summed E-state index contributed by atoms with van der Waals surface area (Å²) in [4.78, 5) is 27.5. The highest BCUT2D eigenvalue weighted by molar-refractivity contribution is 7.09. The van der Waals surface area contributed by atoms with Crippen molar-refractivity contribution in [1.82, 2.24) is 10.2 Å². The van der Waals surface area contributed by atoms with Crippen LogP contribution in [0.2, 0.25) is 0 Å². The molecule has 0 aliphatic carbocycles. The Labute approximate surface area is 117 Å². The van der Waals surface area contributed by atoms with Crippen molar-refractivity contribution in [2.45, 2.75) is 45.2 Å². The second-order valence-corrected chi connectivity index (χ2v) is 6.34. The van der Waals surface area contributed by atoms with Gasteiger partial charge in [0.15, 0.2) is 0 Å². The Bertz CT molecular complexity index is 468. The van der Waals surface area contributed by atoms with E-state index in [1.807, 2.05) is 18.4 Å². The van der Waals surface area contributed by atoms with Crippen molar-refractivity contribution in [3.63, 3.8) is 0 Å². The first kappa shape index (κ1) is 14.1. The van der Waals surface area contributed by atoms with E-state index in [-0.39, 0.29) is 17.9 Å². The second kappa shape index (κ2) is 5.33. The summed E-state index contributed by atoms with van der Waals surface area (Å²) in [7, 11) is 0. The maximum atomic E-state index is 12.4. The number of hydrogen-bond acceptors (Lipinski definition) is 3. The quantitative estimate of drug-likeness (QED) is 0.914. The van der Waals surface area contributed by atoms with Crippen molar-refractivity contribution in [2.24, 2.45) is 0 Å². The van der Waals surface area contributed by atoms with E-state index in [1.165, 1.54) is 4.88 Å². The van der Waals surface area contributed by atoms with Crippen molar-refractivity contribution in [1.29, 1.82) is 0 Å². The number of nitrogens with zero attached hydrogens (tertiary/aromatic N) is 1. The Morgan fingerprint density at radius 3 is 2.74 bits per heavy atom. The predicted molar refractivity (Wildman–Crippen MR) is 76.0 cm³/mol. The maximum absolute atomic E-state index is 12.4. The van der Waals surface area contributed by atoms with E-state index in [4.69, 9.17) is 0 Å². The number of carbonyl (C=O) groups is 2. The zero-order valence-corrected chi connectivity index (χ0v) is 12.4. The fourth-order valence-electron chi connectivity index (χ4n) is 2.33. The molecule has 19 heavy (non-hydrogen) atoms. The molecule has 4 nitrogen and oxygen atoms in total. The molecule has 0 aromatic carbocycles. The van der Waals surface area contributed by atoms with Gasteiger partial charge in [0.1, 0.15) is 11.6 Å². The Kier molecular flexibility index (Phi) is 3.94. The van der Waals surface area contributed by atoms with Crippen LogP contribution in [0.15, 0.2) is 17.5 Å². The zero-order valence-electron chi connectivity index (χ0n) is 11.6. The van der Waals surface area contributed by atoms with Crippen molar-refractivity contribution < 1.29 is 9.59 Å². The van der Waals surface area contributed by atoms with Crippen LogP contribution in [0.1, 0.15) is 32.1 Å². The van der Waals surface area contributed by atoms with Gasteiger partial charge in [-0.3, -0.25) is 9.59 Å². The van der Waals surface area contributed by atoms with Crippen LogP contribution in [0.5, 0.6) is 0 Å². The lowest BCUT2D eigenvalue weighted by molar-refractivity contribution is -0.155. The third-order valence-electron chi connectivity index (χ3n) is 3.67. The van der Waals surface area contributed by atoms with Crippen LogP contribution in [0.3, 0.4) is 0 Å². The van der Waals surface area contributed by atoms with Crippen LogP contribution < -0.4 is 5.32 Å². The zero-order chi connectivity index (χ0) is 14.0. The number of thiophene rings is 1. The standard InChI is InChI=1S/C14H20N2O2S/c1-4-11-12(17)16(14(2,3)13(18)15-11)8-7-10-6-5-9-19-10/h5-6,9,11H,4,7-8H2,1-3H3,(H,15,18). The monoisotopic (exact) mass is 280 g/mol. The average Bonchev–Trinajstić information content (AvgIpc) is 2.86. The minimum atomic E-state index is -0.764. The van der Waals surface area contributed by atoms with E-state index in [9.17, 15) is 9.59 Å². The van der Waals surface area contributed by atoms with Gasteiger partial charge in [-0.05, 0) is 38.1 Å². The van der Waals surface area contributed by atoms with Gasteiger partial charge < -0.3 is 10.2 Å². The molecule has 1 atom stereocenters. The molecule has 1 saturated heterocycles. The molecular formula is C14H20N2O2S. The minimum absolute atomic E-state index is 0.0312. The van der Waals surface area contributed by atoms with Gasteiger partial charge >= 0.3 is 0 Å². The molecule has 1 aliphatic heterocycles. The lowest BCUT2D eigenvalue weighted by Gasteiger charge is -2.44. The molecule has 1 aromatic rings. The summed E-state index contributed by atoms with van der Waals surface area (Å²) >= 11 is 1.68. The topological polar surface area (TPSA) is 49.4 Å². The summed E-state index contributed by atoms with van der Waals surface area (Å²) in [5.74, 6) is -0.0335. The van der Waals surface area contributed by atoms with E-state index in [0.29, 0.717) is 13.0 Å². The van der Waals surface area contributed by atoms with Crippen molar-refractivity contribution in [3.8, 4) is 0 Å². The van der Waals surface area contributed by atoms with Gasteiger partial charge in [-0.2, -0.15) is 0 Å². The fourth-order valence-corrected chi connectivity index (χ4v) is 3.02. The minimum Gasteiger partial charge on any atom is -0.342 e. The normalized spacial score (nSPS) is 22.5. The fraction of sp³-hybridized carbons (Fsp3) is 0.571. The second-order valence-electron chi connectivity index (χ2n) is 5.31. The third kappa shape index (κ3) is 2.66. The molecule has 0 spiro atoms. The SMILES string of the molecule is CCC1NC(=O)C(C)(C)N(CCc2cccs2)C1=O. The van der Waals surface area contributed by atoms with Crippen LogP contribution in [-0.4, -0.2) is 34.8 Å². The summed E-state index contributed by atoms with van der Waals surface area (Å²) in [5.41, 5.74) is -0.764. The molecule has 1 unspecified atom stereocenters. The van der Waals surface area contributed by atoms with Gasteiger partial charge in [-0.15, -0.1) is 11.3 Å². The molecule has 0 bridgehead atoms. The number of rotatable bonds is 4. The molecule has 2 heterocycles. The van der Waals surface area contributed by atoms with Crippen LogP contribution in [0.4, 0.5) is 0 Å². The summed E-state index contributed by atoms with van der Waals surface area (Å²) < 4.78 is 0. The number of hydrogen-bond donors (Lipinski definition) is 1. The Morgan fingerprint density at radius 1 is 1.42 bits per heavy atom. The Balaban J connectivity index is 2.13. The molecular weight excluding hydrogens is 260 g/mol. The Hall–Kier alpha value is -1.36. The molecule has 1 aromatic heterocycles. The molecule has 1 aliphatic rings. The molecule has 104 valence electrons. The van der Waals surface area contributed by atoms with E-state index in [2.05, 4.69) is 11.4 Å². The summed E-state index contributed by atoms with van der Waals surface area (Å²) in [6.45, 7) is 6.12. The lowest BCUT2D eigenvalue weighted by Crippen LogP contribution is -2.68. The lowest BCUT2D eigenvalue weighted by atomic mass is 9.94.